The van der Waals surface area contributed by atoms with Crippen LogP contribution < -0.4 is 0 Å². The zero-order chi connectivity index (χ0) is 57.1. The van der Waals surface area contributed by atoms with Gasteiger partial charge in [-0.05, 0) is 77.0 Å². The van der Waals surface area contributed by atoms with Crippen molar-refractivity contribution in [3.63, 3.8) is 0 Å². The highest BCUT2D eigenvalue weighted by atomic mass is 16.6. The number of carbonyl (C=O) groups excluding carboxylic acids is 3. The van der Waals surface area contributed by atoms with E-state index < -0.39 is 6.10 Å². The molecular weight excluding hydrogens is 973 g/mol. The Morgan fingerprint density at radius 1 is 0.253 bits per heavy atom. The highest BCUT2D eigenvalue weighted by Gasteiger charge is 2.19. The summed E-state index contributed by atoms with van der Waals surface area (Å²) < 4.78 is 17.0. The molecule has 464 valence electrons. The zero-order valence-corrected chi connectivity index (χ0v) is 53.4. The first kappa shape index (κ1) is 76.6. The highest BCUT2D eigenvalue weighted by molar-refractivity contribution is 5.71. The molecule has 0 aliphatic heterocycles. The maximum atomic E-state index is 12.9. The summed E-state index contributed by atoms with van der Waals surface area (Å²) >= 11 is 0. The second kappa shape index (κ2) is 68.1. The molecule has 0 aliphatic carbocycles. The molecule has 1 unspecified atom stereocenters. The largest absolute Gasteiger partial charge is 0.462 e. The molecule has 0 aromatic heterocycles. The van der Waals surface area contributed by atoms with E-state index in [9.17, 15) is 14.4 Å². The predicted octanol–water partition coefficient (Wildman–Crippen LogP) is 24.3. The Bertz CT molecular complexity index is 1320. The molecule has 6 nitrogen and oxygen atoms in total. The number of ether oxygens (including phenoxy) is 3. The van der Waals surface area contributed by atoms with Gasteiger partial charge in [-0.2, -0.15) is 0 Å². The summed E-state index contributed by atoms with van der Waals surface area (Å²) in [6.07, 6.45) is 84.7. The Kier molecular flexibility index (Phi) is 66.1. The van der Waals surface area contributed by atoms with Crippen LogP contribution in [-0.2, 0) is 28.6 Å². The van der Waals surface area contributed by atoms with Crippen LogP contribution in [-0.4, -0.2) is 37.2 Å². The first-order valence-electron chi connectivity index (χ1n) is 35.5. The van der Waals surface area contributed by atoms with Gasteiger partial charge in [0, 0.05) is 19.3 Å². The Morgan fingerprint density at radius 3 is 0.709 bits per heavy atom. The van der Waals surface area contributed by atoms with E-state index >= 15 is 0 Å². The molecule has 0 spiro atoms. The van der Waals surface area contributed by atoms with Crippen LogP contribution >= 0.6 is 0 Å². The van der Waals surface area contributed by atoms with Crippen LogP contribution in [0.3, 0.4) is 0 Å². The van der Waals surface area contributed by atoms with Crippen molar-refractivity contribution in [1.29, 1.82) is 0 Å². The van der Waals surface area contributed by atoms with Gasteiger partial charge in [0.2, 0.25) is 0 Å². The molecule has 0 amide bonds. The van der Waals surface area contributed by atoms with Crippen LogP contribution in [0.4, 0.5) is 0 Å². The quantitative estimate of drug-likeness (QED) is 0.0261. The van der Waals surface area contributed by atoms with E-state index in [1.54, 1.807) is 0 Å². The van der Waals surface area contributed by atoms with E-state index in [1.165, 1.54) is 289 Å². The van der Waals surface area contributed by atoms with E-state index in [0.717, 1.165) is 64.2 Å². The van der Waals surface area contributed by atoms with E-state index in [4.69, 9.17) is 14.2 Å². The van der Waals surface area contributed by atoms with Gasteiger partial charge in [0.1, 0.15) is 13.2 Å². The number of rotatable bonds is 66. The van der Waals surface area contributed by atoms with E-state index in [0.29, 0.717) is 19.3 Å². The average Bonchev–Trinajstić information content (AvgIpc) is 3.45. The summed E-state index contributed by atoms with van der Waals surface area (Å²) in [5, 5.41) is 0. The molecule has 0 aromatic rings. The van der Waals surface area contributed by atoms with Crippen LogP contribution in [0.2, 0.25) is 0 Å². The van der Waals surface area contributed by atoms with Gasteiger partial charge in [0.25, 0.3) is 0 Å². The van der Waals surface area contributed by atoms with Crippen molar-refractivity contribution in [1.82, 2.24) is 0 Å². The van der Waals surface area contributed by atoms with Gasteiger partial charge >= 0.3 is 17.9 Å². The SMILES string of the molecule is CCCCCCC/C=C\C/C=C\CCCCCCCCCCCCCC(=O)OC(COC(=O)CCCCCCCCCCCCC)COC(=O)CCCCCCCCCCCCCCCCC/C=C\CCCCCCCCCC. The number of allylic oxidation sites excluding steroid dienone is 6. The van der Waals surface area contributed by atoms with Crippen LogP contribution in [0.1, 0.15) is 393 Å². The first-order chi connectivity index (χ1) is 39.0. The normalized spacial score (nSPS) is 12.2. The Hall–Kier alpha value is -2.37. The fourth-order valence-electron chi connectivity index (χ4n) is 10.8. The topological polar surface area (TPSA) is 78.9 Å². The molecule has 6 heteroatoms. The molecule has 0 aromatic carbocycles. The third kappa shape index (κ3) is 66.3. The molecule has 0 bridgehead atoms. The van der Waals surface area contributed by atoms with Gasteiger partial charge in [0.05, 0.1) is 0 Å². The third-order valence-electron chi connectivity index (χ3n) is 16.1. The van der Waals surface area contributed by atoms with Gasteiger partial charge in [-0.3, -0.25) is 14.4 Å². The lowest BCUT2D eigenvalue weighted by atomic mass is 10.0. The lowest BCUT2D eigenvalue weighted by Crippen LogP contribution is -2.30. The molecule has 0 aliphatic rings. The fourth-order valence-corrected chi connectivity index (χ4v) is 10.8. The van der Waals surface area contributed by atoms with Gasteiger partial charge in [-0.25, -0.2) is 0 Å². The molecular formula is C73H136O6. The van der Waals surface area contributed by atoms with Gasteiger partial charge in [0.15, 0.2) is 6.10 Å². The second-order valence-electron chi connectivity index (χ2n) is 24.1. The maximum absolute atomic E-state index is 12.9. The monoisotopic (exact) mass is 1110 g/mol. The number of esters is 3. The summed E-state index contributed by atoms with van der Waals surface area (Å²) in [7, 11) is 0. The highest BCUT2D eigenvalue weighted by Crippen LogP contribution is 2.18. The molecule has 0 fully saturated rings. The van der Waals surface area contributed by atoms with Crippen LogP contribution in [0.25, 0.3) is 0 Å². The molecule has 0 rings (SSSR count). The molecule has 79 heavy (non-hydrogen) atoms. The second-order valence-corrected chi connectivity index (χ2v) is 24.1. The van der Waals surface area contributed by atoms with Crippen LogP contribution in [0, 0.1) is 0 Å². The molecule has 0 radical (unpaired) electrons. The van der Waals surface area contributed by atoms with Crippen molar-refractivity contribution in [3.05, 3.63) is 36.5 Å². The standard InChI is InChI=1S/C73H136O6/c1-4-7-10-13-16-19-22-24-26-28-30-32-34-35-36-37-39-40-42-44-46-48-51-54-57-60-63-66-72(75)78-69-70(68-77-71(74)65-62-59-56-53-50-21-18-15-12-9-6-3)79-73(76)67-64-61-58-55-52-49-47-45-43-41-38-33-31-29-27-25-23-20-17-14-11-8-5-2/h23,25,28-31,70H,4-22,24,26-27,32-69H2,1-3H3/b25-23-,30-28-,31-29-. The van der Waals surface area contributed by atoms with Crippen molar-refractivity contribution in [2.45, 2.75) is 399 Å². The minimum absolute atomic E-state index is 0.0676. The third-order valence-corrected chi connectivity index (χ3v) is 16.1. The summed E-state index contributed by atoms with van der Waals surface area (Å²) in [5.74, 6) is -0.843. The van der Waals surface area contributed by atoms with Crippen molar-refractivity contribution < 1.29 is 28.6 Å². The van der Waals surface area contributed by atoms with Crippen molar-refractivity contribution in [2.24, 2.45) is 0 Å². The van der Waals surface area contributed by atoms with E-state index in [2.05, 4.69) is 57.2 Å². The van der Waals surface area contributed by atoms with Gasteiger partial charge in [-0.15, -0.1) is 0 Å². The fraction of sp³-hybridized carbons (Fsp3) is 0.877. The minimum Gasteiger partial charge on any atom is -0.462 e. The number of hydrogen-bond donors (Lipinski definition) is 0. The zero-order valence-electron chi connectivity index (χ0n) is 53.4. The molecule has 0 N–H and O–H groups in total. The molecule has 1 atom stereocenters. The average molecular weight is 1110 g/mol. The number of hydrogen-bond acceptors (Lipinski definition) is 6. The molecule has 0 heterocycles. The Balaban J connectivity index is 4.17. The van der Waals surface area contributed by atoms with Crippen molar-refractivity contribution in [2.75, 3.05) is 13.2 Å². The molecule has 0 saturated heterocycles. The Labute approximate surface area is 493 Å². The van der Waals surface area contributed by atoms with Crippen LogP contribution in [0.15, 0.2) is 36.5 Å². The van der Waals surface area contributed by atoms with Gasteiger partial charge < -0.3 is 14.2 Å². The minimum atomic E-state index is -0.771. The van der Waals surface area contributed by atoms with E-state index in [-0.39, 0.29) is 31.1 Å². The summed E-state index contributed by atoms with van der Waals surface area (Å²) in [6, 6.07) is 0. The smallest absolute Gasteiger partial charge is 0.306 e. The van der Waals surface area contributed by atoms with Crippen molar-refractivity contribution in [3.8, 4) is 0 Å². The summed E-state index contributed by atoms with van der Waals surface area (Å²) in [5.41, 5.74) is 0. The van der Waals surface area contributed by atoms with Gasteiger partial charge in [-0.1, -0.05) is 333 Å². The van der Waals surface area contributed by atoms with Crippen molar-refractivity contribution >= 4 is 17.9 Å². The number of unbranched alkanes of at least 4 members (excludes halogenated alkanes) is 49. The lowest BCUT2D eigenvalue weighted by molar-refractivity contribution is -0.167. The summed E-state index contributed by atoms with van der Waals surface area (Å²) in [6.45, 7) is 6.69. The predicted molar refractivity (Wildman–Crippen MR) is 344 cm³/mol. The lowest BCUT2D eigenvalue weighted by Gasteiger charge is -2.18. The first-order valence-corrected chi connectivity index (χ1v) is 35.5. The van der Waals surface area contributed by atoms with Crippen LogP contribution in [0.5, 0.6) is 0 Å². The number of carbonyl (C=O) groups is 3. The van der Waals surface area contributed by atoms with E-state index in [1.807, 2.05) is 0 Å². The molecule has 0 saturated carbocycles. The maximum Gasteiger partial charge on any atom is 0.306 e. The Morgan fingerprint density at radius 2 is 0.456 bits per heavy atom. The summed E-state index contributed by atoms with van der Waals surface area (Å²) in [4.78, 5) is 38.4.